The molecule has 0 radical (unpaired) electrons. The van der Waals surface area contributed by atoms with E-state index >= 15 is 0 Å². The molecule has 0 aromatic rings. The lowest BCUT2D eigenvalue weighted by Gasteiger charge is -2.55. The average Bonchev–Trinajstić information content (AvgIpc) is 2.20. The summed E-state index contributed by atoms with van der Waals surface area (Å²) in [5.74, 6) is 3.43. The third kappa shape index (κ3) is 2.77. The van der Waals surface area contributed by atoms with Gasteiger partial charge in [0.2, 0.25) is 0 Å². The van der Waals surface area contributed by atoms with Crippen LogP contribution in [0.25, 0.3) is 0 Å². The number of rotatable bonds is 0. The molecule has 4 bridgehead atoms. The van der Waals surface area contributed by atoms with Crippen molar-refractivity contribution in [2.45, 2.75) is 73.1 Å². The Morgan fingerprint density at radius 1 is 0.667 bits per heavy atom. The Morgan fingerprint density at radius 3 is 1.13 bits per heavy atom. The zero-order chi connectivity index (χ0) is 11.5. The first-order chi connectivity index (χ1) is 7.23. The average molecular weight is 210 g/mol. The predicted molar refractivity (Wildman–Crippen MR) is 69.0 cm³/mol. The second-order valence-electron chi connectivity index (χ2n) is 5.73. The van der Waals surface area contributed by atoms with Crippen LogP contribution in [-0.2, 0) is 0 Å². The van der Waals surface area contributed by atoms with Crippen LogP contribution in [0.3, 0.4) is 0 Å². The fourth-order valence-electron chi connectivity index (χ4n) is 4.54. The Hall–Kier alpha value is 0. The molecule has 4 fully saturated rings. The van der Waals surface area contributed by atoms with Crippen LogP contribution in [0.4, 0.5) is 0 Å². The van der Waals surface area contributed by atoms with Crippen molar-refractivity contribution in [3.8, 4) is 0 Å². The van der Waals surface area contributed by atoms with Crippen molar-refractivity contribution in [3.05, 3.63) is 0 Å². The molecule has 0 aromatic carbocycles. The van der Waals surface area contributed by atoms with Crippen LogP contribution in [0, 0.1) is 23.2 Å². The van der Waals surface area contributed by atoms with E-state index in [0.717, 1.165) is 23.2 Å². The molecule has 0 unspecified atom stereocenters. The summed E-state index contributed by atoms with van der Waals surface area (Å²) < 4.78 is 0. The van der Waals surface area contributed by atoms with Crippen LogP contribution in [0.15, 0.2) is 0 Å². The van der Waals surface area contributed by atoms with E-state index in [-0.39, 0.29) is 0 Å². The van der Waals surface area contributed by atoms with E-state index in [1.807, 2.05) is 27.7 Å². The molecule has 0 aromatic heterocycles. The molecule has 0 aliphatic heterocycles. The summed E-state index contributed by atoms with van der Waals surface area (Å²) in [6.45, 7) is 10.5. The monoisotopic (exact) mass is 210 g/mol. The molecule has 90 valence electrons. The highest BCUT2D eigenvalue weighted by molar-refractivity contribution is 4.99. The minimum Gasteiger partial charge on any atom is -0.0683 e. The normalized spacial score (nSPS) is 45.0. The van der Waals surface area contributed by atoms with Gasteiger partial charge in [0.05, 0.1) is 0 Å². The molecule has 0 nitrogen and oxygen atoms in total. The van der Waals surface area contributed by atoms with Gasteiger partial charge < -0.3 is 0 Å². The molecular formula is C15H30. The van der Waals surface area contributed by atoms with Gasteiger partial charge in [-0.2, -0.15) is 0 Å². The molecule has 0 spiro atoms. The summed E-state index contributed by atoms with van der Waals surface area (Å²) in [5, 5.41) is 0. The maximum Gasteiger partial charge on any atom is -0.0318 e. The van der Waals surface area contributed by atoms with Gasteiger partial charge in [0.15, 0.2) is 0 Å². The minimum absolute atomic E-state index is 0.800. The van der Waals surface area contributed by atoms with Gasteiger partial charge in [-0.3, -0.25) is 0 Å². The standard InChI is InChI=1S/C11H18.2C2H6/c1-11-5-8-2-9(6-11)4-10(3-8)7-11;2*1-2/h8-10H,2-7H2,1H3;2*1-2H3. The van der Waals surface area contributed by atoms with E-state index in [2.05, 4.69) is 6.92 Å². The van der Waals surface area contributed by atoms with Gasteiger partial charge >= 0.3 is 0 Å². The molecule has 0 atom stereocenters. The number of hydrogen-bond donors (Lipinski definition) is 0. The summed E-state index contributed by atoms with van der Waals surface area (Å²) in [6, 6.07) is 0. The second kappa shape index (κ2) is 5.37. The van der Waals surface area contributed by atoms with Crippen LogP contribution in [0.1, 0.15) is 73.1 Å². The Morgan fingerprint density at radius 2 is 0.933 bits per heavy atom. The Labute approximate surface area is 96.8 Å². The highest BCUT2D eigenvalue weighted by Gasteiger charge is 2.48. The summed E-state index contributed by atoms with van der Waals surface area (Å²) in [5.41, 5.74) is 0.800. The molecule has 0 saturated heterocycles. The van der Waals surface area contributed by atoms with E-state index < -0.39 is 0 Å². The van der Waals surface area contributed by atoms with E-state index in [4.69, 9.17) is 0 Å². The summed E-state index contributed by atoms with van der Waals surface area (Å²) in [6.07, 6.45) is 9.48. The van der Waals surface area contributed by atoms with Crippen LogP contribution in [0.2, 0.25) is 0 Å². The third-order valence-electron chi connectivity index (χ3n) is 4.34. The first-order valence-corrected chi connectivity index (χ1v) is 7.23. The van der Waals surface area contributed by atoms with Crippen molar-refractivity contribution < 1.29 is 0 Å². The summed E-state index contributed by atoms with van der Waals surface area (Å²) >= 11 is 0. The Kier molecular flexibility index (Phi) is 4.67. The molecule has 0 N–H and O–H groups in total. The lowest BCUT2D eigenvalue weighted by atomic mass is 9.50. The van der Waals surface area contributed by atoms with Gasteiger partial charge in [0.1, 0.15) is 0 Å². The van der Waals surface area contributed by atoms with E-state index in [9.17, 15) is 0 Å². The lowest BCUT2D eigenvalue weighted by molar-refractivity contribution is -0.0411. The van der Waals surface area contributed by atoms with E-state index in [0.29, 0.717) is 0 Å². The van der Waals surface area contributed by atoms with Crippen LogP contribution in [0.5, 0.6) is 0 Å². The van der Waals surface area contributed by atoms with Gasteiger partial charge in [-0.25, -0.2) is 0 Å². The second-order valence-corrected chi connectivity index (χ2v) is 5.73. The zero-order valence-electron chi connectivity index (χ0n) is 11.5. The highest BCUT2D eigenvalue weighted by atomic mass is 14.5. The predicted octanol–water partition coefficient (Wildman–Crippen LogP) is 5.28. The molecule has 4 aliphatic carbocycles. The van der Waals surface area contributed by atoms with Gasteiger partial charge in [-0.05, 0) is 61.7 Å². The van der Waals surface area contributed by atoms with Crippen LogP contribution < -0.4 is 0 Å². The van der Waals surface area contributed by atoms with Crippen LogP contribution >= 0.6 is 0 Å². The molecule has 4 aliphatic rings. The summed E-state index contributed by atoms with van der Waals surface area (Å²) in [4.78, 5) is 0. The van der Waals surface area contributed by atoms with Crippen molar-refractivity contribution in [3.63, 3.8) is 0 Å². The smallest absolute Gasteiger partial charge is 0.0318 e. The van der Waals surface area contributed by atoms with Crippen molar-refractivity contribution in [1.82, 2.24) is 0 Å². The van der Waals surface area contributed by atoms with Crippen molar-refractivity contribution in [2.75, 3.05) is 0 Å². The maximum atomic E-state index is 2.54. The SMILES string of the molecule is CC.CC.CC12CC3CC(CC(C3)C1)C2. The minimum atomic E-state index is 0.800. The first kappa shape index (κ1) is 13.1. The quantitative estimate of drug-likeness (QED) is 0.510. The number of hydrogen-bond acceptors (Lipinski definition) is 0. The highest BCUT2D eigenvalue weighted by Crippen LogP contribution is 2.59. The van der Waals surface area contributed by atoms with Crippen molar-refractivity contribution in [1.29, 1.82) is 0 Å². The molecule has 0 amide bonds. The Balaban J connectivity index is 0.000000255. The van der Waals surface area contributed by atoms with Crippen molar-refractivity contribution >= 4 is 0 Å². The molecule has 0 heteroatoms. The fraction of sp³-hybridized carbons (Fsp3) is 1.00. The lowest BCUT2D eigenvalue weighted by Crippen LogP contribution is -2.44. The largest absolute Gasteiger partial charge is 0.0683 e. The van der Waals surface area contributed by atoms with Gasteiger partial charge in [-0.1, -0.05) is 34.6 Å². The zero-order valence-corrected chi connectivity index (χ0v) is 11.5. The van der Waals surface area contributed by atoms with Gasteiger partial charge in [0.25, 0.3) is 0 Å². The topological polar surface area (TPSA) is 0 Å². The molecule has 15 heavy (non-hydrogen) atoms. The molecule has 4 rings (SSSR count). The molecule has 4 saturated carbocycles. The van der Waals surface area contributed by atoms with Gasteiger partial charge in [-0.15, -0.1) is 0 Å². The Bertz CT molecular complexity index is 145. The van der Waals surface area contributed by atoms with E-state index in [1.165, 1.54) is 0 Å². The maximum absolute atomic E-state index is 2.54. The van der Waals surface area contributed by atoms with Crippen molar-refractivity contribution in [2.24, 2.45) is 23.2 Å². The van der Waals surface area contributed by atoms with Gasteiger partial charge in [0, 0.05) is 0 Å². The van der Waals surface area contributed by atoms with E-state index in [1.54, 1.807) is 38.5 Å². The third-order valence-corrected chi connectivity index (χ3v) is 4.34. The van der Waals surface area contributed by atoms with Crippen LogP contribution in [-0.4, -0.2) is 0 Å². The molecule has 0 heterocycles. The summed E-state index contributed by atoms with van der Waals surface area (Å²) in [7, 11) is 0. The fourth-order valence-corrected chi connectivity index (χ4v) is 4.54. The molecular weight excluding hydrogens is 180 g/mol. The first-order valence-electron chi connectivity index (χ1n) is 7.23.